The molecule has 3 heteroatoms. The fraction of sp³-hybridized carbons (Fsp3) is 0.0612. The number of benzene rings is 8. The van der Waals surface area contributed by atoms with E-state index >= 15 is 0 Å². The van der Waals surface area contributed by atoms with Crippen molar-refractivity contribution in [3.8, 4) is 39.4 Å². The van der Waals surface area contributed by atoms with Crippen molar-refractivity contribution in [3.63, 3.8) is 0 Å². The molecule has 246 valence electrons. The molecule has 0 saturated heterocycles. The number of fused-ring (bicyclic) bond motifs is 8. The Bertz CT molecular complexity index is 2910. The Morgan fingerprint density at radius 3 is 2.00 bits per heavy atom. The normalized spacial score (nSPS) is 13.5. The van der Waals surface area contributed by atoms with Gasteiger partial charge in [-0.05, 0) is 99.9 Å². The van der Waals surface area contributed by atoms with E-state index in [1.165, 1.54) is 60.4 Å². The number of anilines is 3. The molecule has 0 saturated carbocycles. The van der Waals surface area contributed by atoms with Crippen molar-refractivity contribution in [1.82, 2.24) is 4.57 Å². The number of ether oxygens (including phenoxy) is 1. The molecule has 3 nitrogen and oxygen atoms in total. The van der Waals surface area contributed by atoms with Crippen LogP contribution in [0.4, 0.5) is 17.1 Å². The van der Waals surface area contributed by atoms with Gasteiger partial charge in [0.15, 0.2) is 0 Å². The zero-order chi connectivity index (χ0) is 34.6. The molecule has 0 bridgehead atoms. The van der Waals surface area contributed by atoms with E-state index in [-0.39, 0.29) is 5.41 Å². The first-order valence-electron chi connectivity index (χ1n) is 18.0. The van der Waals surface area contributed by atoms with Crippen molar-refractivity contribution >= 4 is 49.6 Å². The SMILES string of the molecule is CC1(C)c2ccccc2-c2ccc(N(c3ccc4c(c3)Oc3cccc5cccc-4c35)c3ccc4c(c3)c3ccccc3n4-c3ccccc3)cc21. The number of rotatable bonds is 4. The van der Waals surface area contributed by atoms with Crippen molar-refractivity contribution in [3.05, 3.63) is 181 Å². The zero-order valence-corrected chi connectivity index (χ0v) is 29.0. The molecule has 2 aliphatic rings. The second-order valence-electron chi connectivity index (χ2n) is 14.6. The standard InChI is InChI=1S/C49H34N2O/c1-49(2)42-19-8-6-16-36(42)37-25-22-34(29-43(37)49)50(35-23-26-39-40-18-10-12-31-13-11-21-46(48(31)40)52-47(39)30-35)33-24-27-45-41(28-33)38-17-7-9-20-44(38)51(45)32-14-4-3-5-15-32/h3-30H,1-2H3. The monoisotopic (exact) mass is 666 g/mol. The quantitative estimate of drug-likeness (QED) is 0.186. The highest BCUT2D eigenvalue weighted by Crippen LogP contribution is 2.52. The summed E-state index contributed by atoms with van der Waals surface area (Å²) >= 11 is 0. The Hall–Kier alpha value is -6.58. The lowest BCUT2D eigenvalue weighted by molar-refractivity contribution is 0.487. The molecule has 2 heterocycles. The molecule has 52 heavy (non-hydrogen) atoms. The predicted octanol–water partition coefficient (Wildman–Crippen LogP) is 13.5. The number of aromatic nitrogens is 1. The van der Waals surface area contributed by atoms with Gasteiger partial charge in [-0.2, -0.15) is 0 Å². The van der Waals surface area contributed by atoms with E-state index in [9.17, 15) is 0 Å². The topological polar surface area (TPSA) is 17.4 Å². The molecule has 11 rings (SSSR count). The largest absolute Gasteiger partial charge is 0.456 e. The van der Waals surface area contributed by atoms with Gasteiger partial charge in [0.2, 0.25) is 0 Å². The molecule has 0 fully saturated rings. The minimum absolute atomic E-state index is 0.123. The molecule has 0 N–H and O–H groups in total. The summed E-state index contributed by atoms with van der Waals surface area (Å²) in [7, 11) is 0. The molecule has 0 unspecified atom stereocenters. The van der Waals surface area contributed by atoms with Gasteiger partial charge >= 0.3 is 0 Å². The average Bonchev–Trinajstić information content (AvgIpc) is 3.63. The highest BCUT2D eigenvalue weighted by atomic mass is 16.5. The Morgan fingerprint density at radius 1 is 0.462 bits per heavy atom. The highest BCUT2D eigenvalue weighted by molar-refractivity contribution is 6.11. The number of para-hydroxylation sites is 2. The van der Waals surface area contributed by atoms with Crippen LogP contribution in [0.1, 0.15) is 25.0 Å². The Morgan fingerprint density at radius 2 is 1.12 bits per heavy atom. The summed E-state index contributed by atoms with van der Waals surface area (Å²) < 4.78 is 9.09. The van der Waals surface area contributed by atoms with Gasteiger partial charge in [-0.15, -0.1) is 0 Å². The number of nitrogens with zero attached hydrogens (tertiary/aromatic N) is 2. The van der Waals surface area contributed by atoms with Crippen LogP contribution in [-0.2, 0) is 5.41 Å². The first-order chi connectivity index (χ1) is 25.5. The maximum atomic E-state index is 6.71. The fourth-order valence-electron chi connectivity index (χ4n) is 8.93. The van der Waals surface area contributed by atoms with Crippen LogP contribution in [0.15, 0.2) is 170 Å². The molecule has 1 aromatic heterocycles. The summed E-state index contributed by atoms with van der Waals surface area (Å²) in [6.07, 6.45) is 0. The van der Waals surface area contributed by atoms with Crippen LogP contribution in [0.2, 0.25) is 0 Å². The predicted molar refractivity (Wildman–Crippen MR) is 216 cm³/mol. The molecule has 1 aliphatic heterocycles. The maximum Gasteiger partial charge on any atom is 0.137 e. The molecule has 0 spiro atoms. The van der Waals surface area contributed by atoms with E-state index in [0.717, 1.165) is 39.8 Å². The number of hydrogen-bond acceptors (Lipinski definition) is 2. The molecular weight excluding hydrogens is 633 g/mol. The van der Waals surface area contributed by atoms with Gasteiger partial charge in [0.05, 0.1) is 11.0 Å². The Labute approximate surface area is 302 Å². The lowest BCUT2D eigenvalue weighted by Gasteiger charge is -2.29. The molecule has 8 aromatic carbocycles. The van der Waals surface area contributed by atoms with Crippen LogP contribution in [0, 0.1) is 0 Å². The first-order valence-corrected chi connectivity index (χ1v) is 18.0. The van der Waals surface area contributed by atoms with Crippen LogP contribution in [-0.4, -0.2) is 4.57 Å². The van der Waals surface area contributed by atoms with E-state index in [0.29, 0.717) is 0 Å². The maximum absolute atomic E-state index is 6.71. The van der Waals surface area contributed by atoms with E-state index in [2.05, 4.69) is 193 Å². The minimum Gasteiger partial charge on any atom is -0.456 e. The van der Waals surface area contributed by atoms with Gasteiger partial charge in [0.25, 0.3) is 0 Å². The van der Waals surface area contributed by atoms with Crippen LogP contribution in [0.3, 0.4) is 0 Å². The zero-order valence-electron chi connectivity index (χ0n) is 29.0. The van der Waals surface area contributed by atoms with Gasteiger partial charge in [0, 0.05) is 56.0 Å². The second kappa shape index (κ2) is 10.7. The lowest BCUT2D eigenvalue weighted by atomic mass is 9.82. The van der Waals surface area contributed by atoms with Gasteiger partial charge < -0.3 is 14.2 Å². The van der Waals surface area contributed by atoms with Crippen molar-refractivity contribution in [1.29, 1.82) is 0 Å². The highest BCUT2D eigenvalue weighted by Gasteiger charge is 2.36. The van der Waals surface area contributed by atoms with Crippen molar-refractivity contribution in [2.75, 3.05) is 4.90 Å². The van der Waals surface area contributed by atoms with Gasteiger partial charge in [-0.1, -0.05) is 111 Å². The van der Waals surface area contributed by atoms with Gasteiger partial charge in [-0.3, -0.25) is 0 Å². The van der Waals surface area contributed by atoms with E-state index in [1.807, 2.05) is 0 Å². The van der Waals surface area contributed by atoms with Crippen molar-refractivity contribution in [2.24, 2.45) is 0 Å². The van der Waals surface area contributed by atoms with Crippen molar-refractivity contribution < 1.29 is 4.74 Å². The third-order valence-corrected chi connectivity index (χ3v) is 11.4. The first kappa shape index (κ1) is 29.2. The van der Waals surface area contributed by atoms with E-state index in [4.69, 9.17) is 4.74 Å². The van der Waals surface area contributed by atoms with E-state index in [1.54, 1.807) is 0 Å². The minimum atomic E-state index is -0.123. The van der Waals surface area contributed by atoms with Crippen LogP contribution in [0.25, 0.3) is 60.5 Å². The van der Waals surface area contributed by atoms with Crippen LogP contribution in [0.5, 0.6) is 11.5 Å². The van der Waals surface area contributed by atoms with E-state index < -0.39 is 0 Å². The Kier molecular flexibility index (Phi) is 6.01. The average molecular weight is 667 g/mol. The number of hydrogen-bond donors (Lipinski definition) is 0. The Balaban J connectivity index is 1.14. The van der Waals surface area contributed by atoms with Crippen LogP contribution >= 0.6 is 0 Å². The molecule has 9 aromatic rings. The fourth-order valence-corrected chi connectivity index (χ4v) is 8.93. The van der Waals surface area contributed by atoms with Gasteiger partial charge in [0.1, 0.15) is 11.5 Å². The summed E-state index contributed by atoms with van der Waals surface area (Å²) in [6.45, 7) is 4.70. The van der Waals surface area contributed by atoms with Crippen molar-refractivity contribution in [2.45, 2.75) is 19.3 Å². The lowest BCUT2D eigenvalue weighted by Crippen LogP contribution is -2.16. The summed E-state index contributed by atoms with van der Waals surface area (Å²) in [5, 5.41) is 4.80. The molecule has 0 amide bonds. The summed E-state index contributed by atoms with van der Waals surface area (Å²) in [6, 6.07) is 61.7. The summed E-state index contributed by atoms with van der Waals surface area (Å²) in [5.74, 6) is 1.76. The smallest absolute Gasteiger partial charge is 0.137 e. The molecule has 1 aliphatic carbocycles. The second-order valence-corrected chi connectivity index (χ2v) is 14.6. The third-order valence-electron chi connectivity index (χ3n) is 11.4. The van der Waals surface area contributed by atoms with Gasteiger partial charge in [-0.25, -0.2) is 0 Å². The molecular formula is C49H34N2O. The molecule has 0 radical (unpaired) electrons. The summed E-state index contributed by atoms with van der Waals surface area (Å²) in [5.41, 5.74) is 14.3. The summed E-state index contributed by atoms with van der Waals surface area (Å²) in [4.78, 5) is 2.40. The molecule has 0 atom stereocenters. The van der Waals surface area contributed by atoms with Crippen LogP contribution < -0.4 is 9.64 Å². The third kappa shape index (κ3) is 4.08.